The molecule has 2 aliphatic rings. The number of carbonyl (C=O) groups is 2. The molecule has 0 aliphatic carbocycles. The molecular weight excluding hydrogens is 544 g/mol. The average molecular weight is 587 g/mol. The maximum Gasteiger partial charge on any atom is 0.318 e. The fourth-order valence-electron chi connectivity index (χ4n) is 6.30. The minimum absolute atomic E-state index is 0.214. The van der Waals surface area contributed by atoms with Crippen molar-refractivity contribution in [3.8, 4) is 0 Å². The van der Waals surface area contributed by atoms with Gasteiger partial charge in [-0.05, 0) is 104 Å². The van der Waals surface area contributed by atoms with Crippen molar-refractivity contribution < 1.29 is 9.59 Å². The number of urea groups is 1. The highest BCUT2D eigenvalue weighted by Crippen LogP contribution is 2.26. The number of halogens is 1. The molecule has 42 heavy (non-hydrogen) atoms. The van der Waals surface area contributed by atoms with Gasteiger partial charge in [0, 0.05) is 55.9 Å². The normalized spacial score (nSPS) is 16.4. The third kappa shape index (κ3) is 8.43. The number of hydrogen-bond donors (Lipinski definition) is 2. The third-order valence-corrected chi connectivity index (χ3v) is 9.18. The fourth-order valence-corrected chi connectivity index (χ4v) is 6.49. The first kappa shape index (κ1) is 30.3. The fraction of sp³-hybridized carbons (Fsp3) is 0.429. The van der Waals surface area contributed by atoms with Gasteiger partial charge in [-0.15, -0.1) is 0 Å². The smallest absolute Gasteiger partial charge is 0.318 e. The molecule has 7 heteroatoms. The minimum Gasteiger partial charge on any atom is -0.341 e. The highest BCUT2D eigenvalue weighted by atomic mass is 35.5. The Morgan fingerprint density at radius 1 is 0.857 bits per heavy atom. The van der Waals surface area contributed by atoms with Crippen molar-refractivity contribution in [1.82, 2.24) is 15.1 Å². The molecule has 222 valence electrons. The van der Waals surface area contributed by atoms with Crippen molar-refractivity contribution in [2.45, 2.75) is 58.0 Å². The van der Waals surface area contributed by atoms with Crippen LogP contribution in [0.25, 0.3) is 0 Å². The summed E-state index contributed by atoms with van der Waals surface area (Å²) in [6.07, 6.45) is 7.05. The summed E-state index contributed by atoms with van der Waals surface area (Å²) in [6, 6.07) is 22.3. The lowest BCUT2D eigenvalue weighted by Crippen LogP contribution is -2.33. The van der Waals surface area contributed by atoms with Gasteiger partial charge < -0.3 is 10.6 Å². The number of amides is 2. The van der Waals surface area contributed by atoms with Gasteiger partial charge in [0.1, 0.15) is 0 Å². The number of rotatable bonds is 10. The summed E-state index contributed by atoms with van der Waals surface area (Å²) in [4.78, 5) is 29.7. The minimum atomic E-state index is -0.214. The highest BCUT2D eigenvalue weighted by molar-refractivity contribution is 6.31. The second kappa shape index (κ2) is 14.8. The number of nitrogens with one attached hydrogen (secondary N) is 2. The van der Waals surface area contributed by atoms with Crippen LogP contribution in [0.15, 0.2) is 66.7 Å². The number of likely N-dealkylation sites (tertiary alicyclic amines) is 1. The molecule has 5 rings (SSSR count). The number of nitrogens with zero attached hydrogens (tertiary/aromatic N) is 2. The van der Waals surface area contributed by atoms with Crippen LogP contribution in [-0.2, 0) is 25.9 Å². The number of ketones is 1. The molecule has 0 radical (unpaired) electrons. The maximum atomic E-state index is 13.1. The van der Waals surface area contributed by atoms with E-state index in [4.69, 9.17) is 11.6 Å². The molecule has 0 spiro atoms. The van der Waals surface area contributed by atoms with Gasteiger partial charge in [-0.3, -0.25) is 14.6 Å². The largest absolute Gasteiger partial charge is 0.341 e. The first-order chi connectivity index (χ1) is 20.5. The number of piperidine rings is 1. The van der Waals surface area contributed by atoms with Crippen molar-refractivity contribution >= 4 is 29.1 Å². The Bertz CT molecular complexity index is 1370. The van der Waals surface area contributed by atoms with Gasteiger partial charge in [0.05, 0.1) is 0 Å². The Morgan fingerprint density at radius 3 is 2.40 bits per heavy atom. The van der Waals surface area contributed by atoms with Gasteiger partial charge >= 0.3 is 6.03 Å². The Labute approximate surface area is 255 Å². The van der Waals surface area contributed by atoms with Crippen LogP contribution in [0.5, 0.6) is 0 Å². The van der Waals surface area contributed by atoms with E-state index in [9.17, 15) is 9.59 Å². The molecule has 1 fully saturated rings. The SMILES string of the molecule is CNC(=O)Nc1cccc(CN2CCc3ccc(C(=O)CCCC4CCN(Cc5ccccc5Cl)CC4)cc3CC2)c1. The zero-order chi connectivity index (χ0) is 29.3. The average Bonchev–Trinajstić information content (AvgIpc) is 3.21. The lowest BCUT2D eigenvalue weighted by molar-refractivity contribution is 0.0974. The third-order valence-electron chi connectivity index (χ3n) is 8.82. The van der Waals surface area contributed by atoms with Gasteiger partial charge in [-0.1, -0.05) is 54.1 Å². The zero-order valence-electron chi connectivity index (χ0n) is 24.7. The molecule has 0 atom stereocenters. The van der Waals surface area contributed by atoms with Crippen LogP contribution in [-0.4, -0.2) is 54.8 Å². The molecule has 3 aromatic carbocycles. The number of benzene rings is 3. The van der Waals surface area contributed by atoms with E-state index in [1.54, 1.807) is 7.05 Å². The zero-order valence-corrected chi connectivity index (χ0v) is 25.5. The van der Waals surface area contributed by atoms with Crippen molar-refractivity contribution in [3.05, 3.63) is 99.6 Å². The number of anilines is 1. The Balaban J connectivity index is 1.06. The second-order valence-electron chi connectivity index (χ2n) is 11.8. The topological polar surface area (TPSA) is 64.7 Å². The van der Waals surface area contributed by atoms with Crippen LogP contribution in [0.4, 0.5) is 10.5 Å². The summed E-state index contributed by atoms with van der Waals surface area (Å²) in [5, 5.41) is 6.30. The Kier molecular flexibility index (Phi) is 10.7. The highest BCUT2D eigenvalue weighted by Gasteiger charge is 2.21. The summed E-state index contributed by atoms with van der Waals surface area (Å²) in [5.41, 5.74) is 6.71. The molecule has 2 aliphatic heterocycles. The van der Waals surface area contributed by atoms with Crippen LogP contribution < -0.4 is 10.6 Å². The van der Waals surface area contributed by atoms with Crippen LogP contribution in [0.2, 0.25) is 5.02 Å². The van der Waals surface area contributed by atoms with Gasteiger partial charge in [0.2, 0.25) is 0 Å². The molecule has 0 aromatic heterocycles. The summed E-state index contributed by atoms with van der Waals surface area (Å²) < 4.78 is 0. The molecule has 0 saturated carbocycles. The van der Waals surface area contributed by atoms with Crippen LogP contribution in [0.3, 0.4) is 0 Å². The van der Waals surface area contributed by atoms with Gasteiger partial charge in [0.25, 0.3) is 0 Å². The van der Waals surface area contributed by atoms with Crippen LogP contribution in [0, 0.1) is 5.92 Å². The molecule has 2 N–H and O–H groups in total. The van der Waals surface area contributed by atoms with E-state index < -0.39 is 0 Å². The van der Waals surface area contributed by atoms with E-state index in [0.717, 1.165) is 81.2 Å². The van der Waals surface area contributed by atoms with Gasteiger partial charge in [0.15, 0.2) is 5.78 Å². The van der Waals surface area contributed by atoms with Gasteiger partial charge in [-0.25, -0.2) is 4.79 Å². The van der Waals surface area contributed by atoms with E-state index >= 15 is 0 Å². The maximum absolute atomic E-state index is 13.1. The van der Waals surface area contributed by atoms with E-state index in [2.05, 4.69) is 50.8 Å². The molecule has 6 nitrogen and oxygen atoms in total. The monoisotopic (exact) mass is 586 g/mol. The van der Waals surface area contributed by atoms with E-state index in [1.807, 2.05) is 36.4 Å². The first-order valence-corrected chi connectivity index (χ1v) is 15.8. The molecule has 2 heterocycles. The molecule has 0 bridgehead atoms. The van der Waals surface area contributed by atoms with E-state index in [-0.39, 0.29) is 11.8 Å². The molecule has 3 aromatic rings. The van der Waals surface area contributed by atoms with Crippen molar-refractivity contribution in [2.24, 2.45) is 5.92 Å². The van der Waals surface area contributed by atoms with Crippen molar-refractivity contribution in [1.29, 1.82) is 0 Å². The van der Waals surface area contributed by atoms with E-state index in [1.165, 1.54) is 35.1 Å². The summed E-state index contributed by atoms with van der Waals surface area (Å²) in [6.45, 7) is 5.89. The summed E-state index contributed by atoms with van der Waals surface area (Å²) in [5.74, 6) is 0.981. The molecule has 1 saturated heterocycles. The van der Waals surface area contributed by atoms with Crippen molar-refractivity contribution in [2.75, 3.05) is 38.5 Å². The predicted molar refractivity (Wildman–Crippen MR) is 171 cm³/mol. The van der Waals surface area contributed by atoms with Crippen molar-refractivity contribution in [3.63, 3.8) is 0 Å². The lowest BCUT2D eigenvalue weighted by atomic mass is 9.90. The quantitative estimate of drug-likeness (QED) is 0.252. The Morgan fingerprint density at radius 2 is 1.62 bits per heavy atom. The number of fused-ring (bicyclic) bond motifs is 1. The Hall–Kier alpha value is -3.19. The standard InChI is InChI=1S/C35H43ClN4O2/c1-37-35(42)38-32-9-4-7-27(22-32)24-39-20-16-28-12-13-30(23-29(28)17-21-39)34(41)11-5-6-26-14-18-40(19-15-26)25-31-8-2-3-10-33(31)36/h2-4,7-10,12-13,22-23,26H,5-6,11,14-21,24-25H2,1H3,(H2,37,38,42). The number of hydrogen-bond acceptors (Lipinski definition) is 4. The summed E-state index contributed by atoms with van der Waals surface area (Å²) in [7, 11) is 1.61. The molecule has 2 amide bonds. The van der Waals surface area contributed by atoms with Crippen LogP contribution >= 0.6 is 11.6 Å². The van der Waals surface area contributed by atoms with Gasteiger partial charge in [-0.2, -0.15) is 0 Å². The predicted octanol–water partition coefficient (Wildman–Crippen LogP) is 6.96. The summed E-state index contributed by atoms with van der Waals surface area (Å²) >= 11 is 6.35. The van der Waals surface area contributed by atoms with E-state index in [0.29, 0.717) is 12.3 Å². The molecular formula is C35H43ClN4O2. The second-order valence-corrected chi connectivity index (χ2v) is 12.2. The first-order valence-electron chi connectivity index (χ1n) is 15.4. The number of Topliss-reactive ketones (excluding diaryl/α,β-unsaturated/α-hetero) is 1. The van der Waals surface area contributed by atoms with Crippen LogP contribution in [0.1, 0.15) is 64.7 Å². The number of carbonyl (C=O) groups excluding carboxylic acids is 2. The molecule has 0 unspecified atom stereocenters. The lowest BCUT2D eigenvalue weighted by Gasteiger charge is -2.32.